The molecule has 0 aromatic rings. The number of amides is 3. The Morgan fingerprint density at radius 2 is 2.11 bits per heavy atom. The van der Waals surface area contributed by atoms with Gasteiger partial charge in [0.2, 0.25) is 5.91 Å². The predicted octanol–water partition coefficient (Wildman–Crippen LogP) is -0.371. The van der Waals surface area contributed by atoms with Crippen molar-refractivity contribution in [3.05, 3.63) is 0 Å². The Kier molecular flexibility index (Phi) is 5.57. The highest BCUT2D eigenvalue weighted by Gasteiger charge is 2.24. The molecule has 1 rings (SSSR count). The molecule has 7 heteroatoms. The minimum absolute atomic E-state index is 0.171. The summed E-state index contributed by atoms with van der Waals surface area (Å²) in [5.41, 5.74) is 0. The summed E-state index contributed by atoms with van der Waals surface area (Å²) in [4.78, 5) is 34.8. The van der Waals surface area contributed by atoms with Gasteiger partial charge in [-0.15, -0.1) is 0 Å². The molecule has 0 aromatic carbocycles. The van der Waals surface area contributed by atoms with E-state index in [1.807, 2.05) is 0 Å². The number of rotatable bonds is 5. The number of carbonyl (C=O) groups excluding carboxylic acids is 2. The molecule has 3 N–H and O–H groups in total. The Balaban J connectivity index is 2.19. The Hall–Kier alpha value is -1.63. The summed E-state index contributed by atoms with van der Waals surface area (Å²) in [6.07, 6.45) is 1.28. The lowest BCUT2D eigenvalue weighted by Crippen LogP contribution is -2.38. The molecular formula is C11H19N3O4. The van der Waals surface area contributed by atoms with Crippen LogP contribution in [0.3, 0.4) is 0 Å². The van der Waals surface area contributed by atoms with Gasteiger partial charge in [0.1, 0.15) is 0 Å². The van der Waals surface area contributed by atoms with Crippen LogP contribution in [0.2, 0.25) is 0 Å². The molecule has 3 amide bonds. The molecule has 0 saturated carbocycles. The maximum Gasteiger partial charge on any atom is 0.321 e. The fraction of sp³-hybridized carbons (Fsp3) is 0.727. The third-order valence-electron chi connectivity index (χ3n) is 2.97. The van der Waals surface area contributed by atoms with Crippen LogP contribution in [0.1, 0.15) is 19.3 Å². The van der Waals surface area contributed by atoms with Crippen molar-refractivity contribution in [2.75, 3.05) is 26.7 Å². The molecule has 1 fully saturated rings. The van der Waals surface area contributed by atoms with Gasteiger partial charge in [-0.05, 0) is 18.9 Å². The van der Waals surface area contributed by atoms with E-state index in [9.17, 15) is 14.4 Å². The van der Waals surface area contributed by atoms with E-state index in [0.29, 0.717) is 13.1 Å². The first-order valence-electron chi connectivity index (χ1n) is 5.97. The van der Waals surface area contributed by atoms with E-state index in [2.05, 4.69) is 15.5 Å². The monoisotopic (exact) mass is 257 g/mol. The van der Waals surface area contributed by atoms with Gasteiger partial charge in [0.05, 0.1) is 0 Å². The van der Waals surface area contributed by atoms with E-state index in [1.54, 1.807) is 0 Å². The van der Waals surface area contributed by atoms with Crippen LogP contribution in [-0.2, 0) is 9.59 Å². The fourth-order valence-electron chi connectivity index (χ4n) is 2.04. The molecule has 1 aliphatic rings. The number of aliphatic carboxylic acids is 1. The van der Waals surface area contributed by atoms with E-state index < -0.39 is 12.0 Å². The highest BCUT2D eigenvalue weighted by atomic mass is 16.4. The fourth-order valence-corrected chi connectivity index (χ4v) is 2.04. The zero-order valence-corrected chi connectivity index (χ0v) is 10.4. The van der Waals surface area contributed by atoms with Crippen LogP contribution in [0.15, 0.2) is 0 Å². The smallest absolute Gasteiger partial charge is 0.321 e. The zero-order valence-electron chi connectivity index (χ0n) is 10.4. The van der Waals surface area contributed by atoms with Crippen molar-refractivity contribution >= 4 is 17.9 Å². The van der Waals surface area contributed by atoms with Crippen molar-refractivity contribution in [3.8, 4) is 0 Å². The minimum Gasteiger partial charge on any atom is -0.481 e. The van der Waals surface area contributed by atoms with Crippen LogP contribution in [0.25, 0.3) is 0 Å². The van der Waals surface area contributed by atoms with Crippen molar-refractivity contribution < 1.29 is 19.5 Å². The van der Waals surface area contributed by atoms with Gasteiger partial charge in [-0.3, -0.25) is 14.9 Å². The zero-order chi connectivity index (χ0) is 13.5. The molecule has 1 unspecified atom stereocenters. The Bertz CT molecular complexity index is 332. The normalized spacial score (nSPS) is 19.5. The SMILES string of the molecule is CNC(=O)NC(=O)CCN1CCC(CC(=O)O)C1. The minimum atomic E-state index is -0.779. The quantitative estimate of drug-likeness (QED) is 0.624. The summed E-state index contributed by atoms with van der Waals surface area (Å²) < 4.78 is 0. The molecule has 0 aromatic heterocycles. The largest absolute Gasteiger partial charge is 0.481 e. The van der Waals surface area contributed by atoms with Crippen molar-refractivity contribution in [1.82, 2.24) is 15.5 Å². The standard InChI is InChI=1S/C11H19N3O4/c1-12-11(18)13-9(15)3-5-14-4-2-8(7-14)6-10(16)17/h8H,2-7H2,1H3,(H,16,17)(H2,12,13,15,18). The average Bonchev–Trinajstić information content (AvgIpc) is 2.73. The first-order chi connectivity index (χ1) is 8.51. The van der Waals surface area contributed by atoms with E-state index in [0.717, 1.165) is 13.0 Å². The first-order valence-corrected chi connectivity index (χ1v) is 5.97. The summed E-state index contributed by atoms with van der Waals surface area (Å²) in [5.74, 6) is -0.931. The summed E-state index contributed by atoms with van der Waals surface area (Å²) in [6.45, 7) is 2.07. The number of hydrogen-bond acceptors (Lipinski definition) is 4. The molecule has 0 aliphatic carbocycles. The van der Waals surface area contributed by atoms with E-state index >= 15 is 0 Å². The molecule has 0 spiro atoms. The lowest BCUT2D eigenvalue weighted by atomic mass is 10.1. The third kappa shape index (κ3) is 5.13. The number of imide groups is 1. The maximum atomic E-state index is 11.3. The molecule has 0 radical (unpaired) electrons. The van der Waals surface area contributed by atoms with Crippen molar-refractivity contribution in [3.63, 3.8) is 0 Å². The number of carboxylic acids is 1. The lowest BCUT2D eigenvalue weighted by Gasteiger charge is -2.14. The molecule has 0 bridgehead atoms. The lowest BCUT2D eigenvalue weighted by molar-refractivity contribution is -0.138. The average molecular weight is 257 g/mol. The molecule has 18 heavy (non-hydrogen) atoms. The maximum absolute atomic E-state index is 11.3. The number of carbonyl (C=O) groups is 3. The number of nitrogens with one attached hydrogen (secondary N) is 2. The number of carboxylic acid groups (broad SMARTS) is 1. The van der Waals surface area contributed by atoms with Crippen molar-refractivity contribution in [2.45, 2.75) is 19.3 Å². The number of hydrogen-bond donors (Lipinski definition) is 3. The van der Waals surface area contributed by atoms with Gasteiger partial charge >= 0.3 is 12.0 Å². The van der Waals surface area contributed by atoms with E-state index in [1.165, 1.54) is 7.05 Å². The molecule has 102 valence electrons. The summed E-state index contributed by atoms with van der Waals surface area (Å²) >= 11 is 0. The summed E-state index contributed by atoms with van der Waals surface area (Å²) in [6, 6.07) is -0.509. The van der Waals surface area contributed by atoms with Crippen LogP contribution in [0, 0.1) is 5.92 Å². The van der Waals surface area contributed by atoms with Gasteiger partial charge in [0.15, 0.2) is 0 Å². The van der Waals surface area contributed by atoms with Crippen LogP contribution in [0.5, 0.6) is 0 Å². The molecule has 1 heterocycles. The first kappa shape index (κ1) is 14.4. The van der Waals surface area contributed by atoms with Gasteiger partial charge in [-0.1, -0.05) is 0 Å². The molecule has 1 atom stereocenters. The van der Waals surface area contributed by atoms with E-state index in [-0.39, 0.29) is 24.7 Å². The second-order valence-corrected chi connectivity index (χ2v) is 4.43. The number of likely N-dealkylation sites (tertiary alicyclic amines) is 1. The van der Waals surface area contributed by atoms with Crippen LogP contribution in [-0.4, -0.2) is 54.6 Å². The third-order valence-corrected chi connectivity index (χ3v) is 2.97. The highest BCUT2D eigenvalue weighted by molar-refractivity contribution is 5.94. The Morgan fingerprint density at radius 3 is 2.72 bits per heavy atom. The van der Waals surface area contributed by atoms with Gasteiger partial charge in [0, 0.05) is 33.0 Å². The van der Waals surface area contributed by atoms with Gasteiger partial charge < -0.3 is 15.3 Å². The Morgan fingerprint density at radius 1 is 1.39 bits per heavy atom. The van der Waals surface area contributed by atoms with Crippen molar-refractivity contribution in [1.29, 1.82) is 0 Å². The summed E-state index contributed by atoms with van der Waals surface area (Å²) in [5, 5.41) is 13.2. The highest BCUT2D eigenvalue weighted by Crippen LogP contribution is 2.19. The molecule has 7 nitrogen and oxygen atoms in total. The van der Waals surface area contributed by atoms with E-state index in [4.69, 9.17) is 5.11 Å². The number of nitrogens with zero attached hydrogens (tertiary/aromatic N) is 1. The van der Waals surface area contributed by atoms with Crippen molar-refractivity contribution in [2.24, 2.45) is 5.92 Å². The second-order valence-electron chi connectivity index (χ2n) is 4.43. The van der Waals surface area contributed by atoms with Crippen LogP contribution >= 0.6 is 0 Å². The van der Waals surface area contributed by atoms with Crippen LogP contribution in [0.4, 0.5) is 4.79 Å². The molecule has 1 aliphatic heterocycles. The predicted molar refractivity (Wildman–Crippen MR) is 64.0 cm³/mol. The van der Waals surface area contributed by atoms with Gasteiger partial charge in [-0.2, -0.15) is 0 Å². The van der Waals surface area contributed by atoms with Gasteiger partial charge in [-0.25, -0.2) is 4.79 Å². The Labute approximate surface area is 106 Å². The topological polar surface area (TPSA) is 98.7 Å². The summed E-state index contributed by atoms with van der Waals surface area (Å²) in [7, 11) is 1.44. The van der Waals surface area contributed by atoms with Gasteiger partial charge in [0.25, 0.3) is 0 Å². The molecule has 1 saturated heterocycles. The second kappa shape index (κ2) is 6.95. The number of urea groups is 1. The molecular weight excluding hydrogens is 238 g/mol. The van der Waals surface area contributed by atoms with Crippen LogP contribution < -0.4 is 10.6 Å².